The Morgan fingerprint density at radius 2 is 1.73 bits per heavy atom. The minimum absolute atomic E-state index is 0.216. The van der Waals surface area contributed by atoms with E-state index in [-0.39, 0.29) is 5.56 Å². The molecule has 0 spiro atoms. The standard InChI is InChI=1S/C25H26ClN3O4/c1-15(24(30)27-20-13-19(26)21(32-2)14-22(20)33-3)29-25(31)18-12-8-7-11-17(18)23(28-29)16-9-5-4-6-10-16/h4-6,9-10,13-15H,7-8,11-12H2,1-3H3,(H,27,30). The summed E-state index contributed by atoms with van der Waals surface area (Å²) in [5.41, 5.74) is 3.60. The summed E-state index contributed by atoms with van der Waals surface area (Å²) in [6.07, 6.45) is 3.46. The average molecular weight is 468 g/mol. The lowest BCUT2D eigenvalue weighted by atomic mass is 9.89. The topological polar surface area (TPSA) is 82.4 Å². The number of hydrogen-bond donors (Lipinski definition) is 1. The number of fused-ring (bicyclic) bond motifs is 1. The van der Waals surface area contributed by atoms with Crippen LogP contribution in [0.5, 0.6) is 11.5 Å². The van der Waals surface area contributed by atoms with Crippen LogP contribution < -0.4 is 20.3 Å². The first-order valence-corrected chi connectivity index (χ1v) is 11.2. The fourth-order valence-corrected chi connectivity index (χ4v) is 4.39. The molecule has 8 heteroatoms. The third-order valence-corrected chi connectivity index (χ3v) is 6.25. The van der Waals surface area contributed by atoms with E-state index >= 15 is 0 Å². The van der Waals surface area contributed by atoms with Crippen molar-refractivity contribution in [2.45, 2.75) is 38.6 Å². The van der Waals surface area contributed by atoms with E-state index in [0.29, 0.717) is 28.6 Å². The molecule has 0 aliphatic heterocycles. The van der Waals surface area contributed by atoms with Crippen molar-refractivity contribution in [1.82, 2.24) is 9.78 Å². The summed E-state index contributed by atoms with van der Waals surface area (Å²) in [5.74, 6) is 0.422. The first-order chi connectivity index (χ1) is 15.9. The molecule has 1 N–H and O–H groups in total. The molecule has 0 saturated carbocycles. The Morgan fingerprint density at radius 1 is 1.06 bits per heavy atom. The van der Waals surface area contributed by atoms with Gasteiger partial charge < -0.3 is 14.8 Å². The van der Waals surface area contributed by atoms with Gasteiger partial charge in [-0.15, -0.1) is 0 Å². The van der Waals surface area contributed by atoms with Gasteiger partial charge in [0.05, 0.1) is 30.6 Å². The Kier molecular flexibility index (Phi) is 6.70. The Balaban J connectivity index is 1.73. The second-order valence-corrected chi connectivity index (χ2v) is 8.39. The van der Waals surface area contributed by atoms with E-state index in [9.17, 15) is 9.59 Å². The lowest BCUT2D eigenvalue weighted by Gasteiger charge is -2.23. The number of anilines is 1. The zero-order valence-corrected chi connectivity index (χ0v) is 19.6. The van der Waals surface area contributed by atoms with Gasteiger partial charge in [0, 0.05) is 17.2 Å². The molecule has 1 heterocycles. The predicted octanol–water partition coefficient (Wildman–Crippen LogP) is 4.66. The van der Waals surface area contributed by atoms with Crippen molar-refractivity contribution in [3.63, 3.8) is 0 Å². The highest BCUT2D eigenvalue weighted by molar-refractivity contribution is 6.32. The van der Waals surface area contributed by atoms with Gasteiger partial charge in [-0.05, 0) is 44.2 Å². The van der Waals surface area contributed by atoms with E-state index in [1.807, 2.05) is 30.3 Å². The second-order valence-electron chi connectivity index (χ2n) is 7.98. The highest BCUT2D eigenvalue weighted by Gasteiger charge is 2.26. The minimum atomic E-state index is -0.849. The van der Waals surface area contributed by atoms with Gasteiger partial charge in [0.1, 0.15) is 17.5 Å². The molecule has 0 fully saturated rings. The molecule has 0 radical (unpaired) electrons. The average Bonchev–Trinajstić information content (AvgIpc) is 2.84. The number of nitrogens with zero attached hydrogens (tertiary/aromatic N) is 2. The number of halogens is 1. The number of carbonyl (C=O) groups excluding carboxylic acids is 1. The van der Waals surface area contributed by atoms with Gasteiger partial charge in [0.25, 0.3) is 5.56 Å². The Morgan fingerprint density at radius 3 is 2.39 bits per heavy atom. The van der Waals surface area contributed by atoms with Gasteiger partial charge in [-0.3, -0.25) is 9.59 Å². The first-order valence-electron chi connectivity index (χ1n) is 10.9. The van der Waals surface area contributed by atoms with E-state index in [1.54, 1.807) is 19.1 Å². The Labute approximate surface area is 197 Å². The molecule has 4 rings (SSSR count). The summed E-state index contributed by atoms with van der Waals surface area (Å²) in [4.78, 5) is 26.5. The van der Waals surface area contributed by atoms with E-state index in [2.05, 4.69) is 10.4 Å². The normalized spacial score (nSPS) is 13.7. The molecule has 7 nitrogen and oxygen atoms in total. The summed E-state index contributed by atoms with van der Waals surface area (Å²) in [6, 6.07) is 12.1. The van der Waals surface area contributed by atoms with E-state index in [1.165, 1.54) is 18.9 Å². The smallest absolute Gasteiger partial charge is 0.271 e. The molecule has 1 atom stereocenters. The van der Waals surface area contributed by atoms with Crippen LogP contribution in [0.15, 0.2) is 47.3 Å². The molecule has 1 aliphatic carbocycles. The molecule has 3 aromatic rings. The van der Waals surface area contributed by atoms with Crippen molar-refractivity contribution in [3.8, 4) is 22.8 Å². The summed E-state index contributed by atoms with van der Waals surface area (Å²) in [7, 11) is 2.99. The Bertz CT molecular complexity index is 1240. The molecular formula is C25H26ClN3O4. The van der Waals surface area contributed by atoms with E-state index in [4.69, 9.17) is 21.1 Å². The maximum Gasteiger partial charge on any atom is 0.271 e. The molecule has 0 bridgehead atoms. The van der Waals surface area contributed by atoms with Gasteiger partial charge in [-0.1, -0.05) is 41.9 Å². The van der Waals surface area contributed by atoms with Gasteiger partial charge in [0.15, 0.2) is 0 Å². The van der Waals surface area contributed by atoms with E-state index < -0.39 is 11.9 Å². The highest BCUT2D eigenvalue weighted by atomic mass is 35.5. The van der Waals surface area contributed by atoms with Crippen LogP contribution in [-0.2, 0) is 17.6 Å². The number of ether oxygens (including phenoxy) is 2. The summed E-state index contributed by atoms with van der Waals surface area (Å²) < 4.78 is 11.9. The van der Waals surface area contributed by atoms with Crippen molar-refractivity contribution < 1.29 is 14.3 Å². The van der Waals surface area contributed by atoms with Crippen LogP contribution in [0.25, 0.3) is 11.3 Å². The fraction of sp³-hybridized carbons (Fsp3) is 0.320. The van der Waals surface area contributed by atoms with Crippen molar-refractivity contribution in [3.05, 3.63) is 69.0 Å². The van der Waals surface area contributed by atoms with Crippen LogP contribution in [0.1, 0.15) is 36.9 Å². The predicted molar refractivity (Wildman–Crippen MR) is 128 cm³/mol. The molecule has 0 saturated heterocycles. The number of aromatic nitrogens is 2. The fourth-order valence-electron chi connectivity index (χ4n) is 4.15. The number of amides is 1. The zero-order valence-electron chi connectivity index (χ0n) is 18.9. The van der Waals surface area contributed by atoms with Gasteiger partial charge in [-0.2, -0.15) is 5.10 Å². The SMILES string of the molecule is COc1cc(OC)c(NC(=O)C(C)n2nc(-c3ccccc3)c3c(c2=O)CCCC3)cc1Cl. The molecule has 1 aromatic heterocycles. The largest absolute Gasteiger partial charge is 0.495 e. The van der Waals surface area contributed by atoms with Crippen LogP contribution in [0, 0.1) is 0 Å². The van der Waals surface area contributed by atoms with Crippen molar-refractivity contribution in [1.29, 1.82) is 0 Å². The van der Waals surface area contributed by atoms with Crippen LogP contribution >= 0.6 is 11.6 Å². The molecule has 33 heavy (non-hydrogen) atoms. The molecule has 2 aromatic carbocycles. The third kappa shape index (κ3) is 4.46. The molecule has 1 amide bonds. The van der Waals surface area contributed by atoms with Crippen LogP contribution in [0.2, 0.25) is 5.02 Å². The van der Waals surface area contributed by atoms with Crippen molar-refractivity contribution in [2.24, 2.45) is 0 Å². The quantitative estimate of drug-likeness (QED) is 0.570. The lowest BCUT2D eigenvalue weighted by molar-refractivity contribution is -0.119. The monoisotopic (exact) mass is 467 g/mol. The highest BCUT2D eigenvalue weighted by Crippen LogP contribution is 2.36. The first kappa shape index (κ1) is 22.9. The minimum Gasteiger partial charge on any atom is -0.495 e. The summed E-state index contributed by atoms with van der Waals surface area (Å²) in [5, 5.41) is 7.82. The maximum absolute atomic E-state index is 13.3. The maximum atomic E-state index is 13.3. The molecule has 172 valence electrons. The number of rotatable bonds is 6. The summed E-state index contributed by atoms with van der Waals surface area (Å²) >= 11 is 6.23. The second kappa shape index (κ2) is 9.67. The third-order valence-electron chi connectivity index (χ3n) is 5.95. The lowest BCUT2D eigenvalue weighted by Crippen LogP contribution is -2.37. The van der Waals surface area contributed by atoms with Gasteiger partial charge in [0.2, 0.25) is 5.91 Å². The molecule has 1 unspecified atom stereocenters. The molecule has 1 aliphatic rings. The summed E-state index contributed by atoms with van der Waals surface area (Å²) in [6.45, 7) is 1.66. The zero-order chi connectivity index (χ0) is 23.5. The number of methoxy groups -OCH3 is 2. The number of hydrogen-bond acceptors (Lipinski definition) is 5. The number of benzene rings is 2. The molecular weight excluding hydrogens is 442 g/mol. The van der Waals surface area contributed by atoms with Crippen LogP contribution in [0.4, 0.5) is 5.69 Å². The van der Waals surface area contributed by atoms with Crippen molar-refractivity contribution >= 4 is 23.2 Å². The Hall–Kier alpha value is -3.32. The van der Waals surface area contributed by atoms with Crippen molar-refractivity contribution in [2.75, 3.05) is 19.5 Å². The van der Waals surface area contributed by atoms with Crippen LogP contribution in [-0.4, -0.2) is 29.9 Å². The number of nitrogens with one attached hydrogen (secondary N) is 1. The number of carbonyl (C=O) groups is 1. The van der Waals surface area contributed by atoms with Crippen LogP contribution in [0.3, 0.4) is 0 Å². The van der Waals surface area contributed by atoms with Gasteiger partial charge >= 0.3 is 0 Å². The van der Waals surface area contributed by atoms with Gasteiger partial charge in [-0.25, -0.2) is 4.68 Å². The van der Waals surface area contributed by atoms with E-state index in [0.717, 1.165) is 41.6 Å².